The molecule has 0 spiro atoms. The molecule has 0 fully saturated rings. The van der Waals surface area contributed by atoms with Gasteiger partial charge in [-0.2, -0.15) is 5.26 Å². The number of nitrogens with one attached hydrogen (secondary N) is 1. The number of aryl methyl sites for hydroxylation is 2. The molecular formula is C16H21N3O2. The first-order chi connectivity index (χ1) is 10.2. The maximum Gasteiger partial charge on any atom is 0.326 e. The Bertz CT molecular complexity index is 563. The van der Waals surface area contributed by atoms with E-state index in [1.807, 2.05) is 13.0 Å². The van der Waals surface area contributed by atoms with Crippen LogP contribution in [0.5, 0.6) is 0 Å². The fraction of sp³-hybridized carbons (Fsp3) is 0.562. The molecule has 1 aromatic rings. The number of carbonyl (C=O) groups is 1. The van der Waals surface area contributed by atoms with E-state index in [0.29, 0.717) is 17.8 Å². The summed E-state index contributed by atoms with van der Waals surface area (Å²) >= 11 is 0. The number of pyridine rings is 1. The summed E-state index contributed by atoms with van der Waals surface area (Å²) in [5.74, 6) is -0.478. The van der Waals surface area contributed by atoms with Gasteiger partial charge in [-0.05, 0) is 43.7 Å². The van der Waals surface area contributed by atoms with Crippen LogP contribution in [0.2, 0.25) is 0 Å². The SMILES string of the molecule is CCCCC(Nc1nc2c(cc1C#N)CCCC2)C(=O)O. The molecule has 0 radical (unpaired) electrons. The lowest BCUT2D eigenvalue weighted by atomic mass is 9.95. The molecule has 0 aliphatic heterocycles. The summed E-state index contributed by atoms with van der Waals surface area (Å²) in [6, 6.07) is 3.30. The van der Waals surface area contributed by atoms with Gasteiger partial charge in [0.2, 0.25) is 0 Å². The van der Waals surface area contributed by atoms with E-state index >= 15 is 0 Å². The van der Waals surface area contributed by atoms with E-state index in [9.17, 15) is 15.2 Å². The highest BCUT2D eigenvalue weighted by Gasteiger charge is 2.21. The quantitative estimate of drug-likeness (QED) is 0.840. The third kappa shape index (κ3) is 3.72. The molecule has 0 aromatic carbocycles. The lowest BCUT2D eigenvalue weighted by molar-refractivity contribution is -0.138. The van der Waals surface area contributed by atoms with Gasteiger partial charge in [0.05, 0.1) is 5.56 Å². The van der Waals surface area contributed by atoms with Gasteiger partial charge in [0.1, 0.15) is 17.9 Å². The summed E-state index contributed by atoms with van der Waals surface area (Å²) in [4.78, 5) is 15.8. The van der Waals surface area contributed by atoms with Crippen molar-refractivity contribution in [1.29, 1.82) is 5.26 Å². The summed E-state index contributed by atoms with van der Waals surface area (Å²) in [5.41, 5.74) is 2.57. The number of hydrogen-bond donors (Lipinski definition) is 2. The molecule has 0 saturated heterocycles. The van der Waals surface area contributed by atoms with Gasteiger partial charge in [0.25, 0.3) is 0 Å². The third-order valence-corrected chi connectivity index (χ3v) is 3.88. The van der Waals surface area contributed by atoms with E-state index in [-0.39, 0.29) is 0 Å². The predicted molar refractivity (Wildman–Crippen MR) is 80.2 cm³/mol. The van der Waals surface area contributed by atoms with E-state index in [1.165, 1.54) is 0 Å². The molecule has 112 valence electrons. The van der Waals surface area contributed by atoms with Crippen molar-refractivity contribution >= 4 is 11.8 Å². The molecule has 5 heteroatoms. The second kappa shape index (κ2) is 7.07. The number of aliphatic carboxylic acids is 1. The Balaban J connectivity index is 2.25. The Morgan fingerprint density at radius 2 is 2.29 bits per heavy atom. The molecule has 21 heavy (non-hydrogen) atoms. The Hall–Kier alpha value is -2.09. The standard InChI is InChI=1S/C16H21N3O2/c1-2-3-7-14(16(20)21)19-15-12(10-17)9-11-6-4-5-8-13(11)18-15/h9,14H,2-8H2,1H3,(H,18,19)(H,20,21). The average molecular weight is 287 g/mol. The van der Waals surface area contributed by atoms with Gasteiger partial charge >= 0.3 is 5.97 Å². The number of nitriles is 1. The Labute approximate surface area is 125 Å². The van der Waals surface area contributed by atoms with Crippen LogP contribution >= 0.6 is 0 Å². The van der Waals surface area contributed by atoms with Crippen LogP contribution in [0.1, 0.15) is 55.8 Å². The number of hydrogen-bond acceptors (Lipinski definition) is 4. The van der Waals surface area contributed by atoms with Crippen LogP contribution in [-0.2, 0) is 17.6 Å². The highest BCUT2D eigenvalue weighted by molar-refractivity contribution is 5.77. The number of aromatic nitrogens is 1. The van der Waals surface area contributed by atoms with Gasteiger partial charge in [-0.25, -0.2) is 9.78 Å². The molecule has 1 atom stereocenters. The van der Waals surface area contributed by atoms with Crippen molar-refractivity contribution in [3.63, 3.8) is 0 Å². The maximum atomic E-state index is 11.3. The van der Waals surface area contributed by atoms with Crippen LogP contribution in [0.25, 0.3) is 0 Å². The molecule has 0 amide bonds. The minimum atomic E-state index is -0.896. The smallest absolute Gasteiger partial charge is 0.326 e. The molecule has 5 nitrogen and oxygen atoms in total. The van der Waals surface area contributed by atoms with E-state index < -0.39 is 12.0 Å². The fourth-order valence-corrected chi connectivity index (χ4v) is 2.66. The van der Waals surface area contributed by atoms with Gasteiger partial charge < -0.3 is 10.4 Å². The maximum absolute atomic E-state index is 11.3. The monoisotopic (exact) mass is 287 g/mol. The van der Waals surface area contributed by atoms with Crippen LogP contribution in [0.3, 0.4) is 0 Å². The molecule has 0 bridgehead atoms. The molecule has 2 rings (SSSR count). The highest BCUT2D eigenvalue weighted by atomic mass is 16.4. The molecule has 2 N–H and O–H groups in total. The van der Waals surface area contributed by atoms with Gasteiger partial charge in [0.15, 0.2) is 0 Å². The highest BCUT2D eigenvalue weighted by Crippen LogP contribution is 2.25. The number of fused-ring (bicyclic) bond motifs is 1. The lowest BCUT2D eigenvalue weighted by Crippen LogP contribution is -2.30. The molecule has 0 saturated carbocycles. The number of anilines is 1. The minimum absolute atomic E-state index is 0.418. The van der Waals surface area contributed by atoms with E-state index in [2.05, 4.69) is 16.4 Å². The first kappa shape index (κ1) is 15.3. The van der Waals surface area contributed by atoms with Crippen molar-refractivity contribution in [2.24, 2.45) is 0 Å². The second-order valence-corrected chi connectivity index (χ2v) is 5.49. The van der Waals surface area contributed by atoms with Crippen LogP contribution < -0.4 is 5.32 Å². The number of nitrogens with zero attached hydrogens (tertiary/aromatic N) is 2. The van der Waals surface area contributed by atoms with Crippen LogP contribution in [0.4, 0.5) is 5.82 Å². The van der Waals surface area contributed by atoms with E-state index in [4.69, 9.17) is 0 Å². The van der Waals surface area contributed by atoms with Gasteiger partial charge in [-0.3, -0.25) is 0 Å². The second-order valence-electron chi connectivity index (χ2n) is 5.49. The summed E-state index contributed by atoms with van der Waals surface area (Å²) < 4.78 is 0. The summed E-state index contributed by atoms with van der Waals surface area (Å²) in [5, 5.41) is 21.5. The molecule has 1 aliphatic rings. The van der Waals surface area contributed by atoms with Crippen LogP contribution in [0.15, 0.2) is 6.07 Å². The summed E-state index contributed by atoms with van der Waals surface area (Å²) in [6.45, 7) is 2.02. The van der Waals surface area contributed by atoms with Gasteiger partial charge in [0, 0.05) is 5.69 Å². The topological polar surface area (TPSA) is 86.0 Å². The number of unbranched alkanes of at least 4 members (excludes halogenated alkanes) is 1. The van der Waals surface area contributed by atoms with E-state index in [1.54, 1.807) is 0 Å². The normalized spacial score (nSPS) is 14.9. The van der Waals surface area contributed by atoms with Crippen molar-refractivity contribution in [1.82, 2.24) is 4.98 Å². The first-order valence-corrected chi connectivity index (χ1v) is 7.58. The van der Waals surface area contributed by atoms with Crippen molar-refractivity contribution in [2.45, 2.75) is 57.9 Å². The molecule has 1 heterocycles. The van der Waals surface area contributed by atoms with Crippen LogP contribution in [-0.4, -0.2) is 22.1 Å². The number of carboxylic acids is 1. The largest absolute Gasteiger partial charge is 0.480 e. The minimum Gasteiger partial charge on any atom is -0.480 e. The zero-order chi connectivity index (χ0) is 15.2. The van der Waals surface area contributed by atoms with Crippen LogP contribution in [0, 0.1) is 11.3 Å². The van der Waals surface area contributed by atoms with Gasteiger partial charge in [-0.15, -0.1) is 0 Å². The predicted octanol–water partition coefficient (Wildman–Crippen LogP) is 2.89. The summed E-state index contributed by atoms with van der Waals surface area (Å²) in [7, 11) is 0. The van der Waals surface area contributed by atoms with E-state index in [0.717, 1.165) is 49.8 Å². The molecular weight excluding hydrogens is 266 g/mol. The van der Waals surface area contributed by atoms with Crippen molar-refractivity contribution in [2.75, 3.05) is 5.32 Å². The first-order valence-electron chi connectivity index (χ1n) is 7.58. The summed E-state index contributed by atoms with van der Waals surface area (Å²) in [6.07, 6.45) is 6.39. The average Bonchev–Trinajstić information content (AvgIpc) is 2.50. The van der Waals surface area contributed by atoms with Crippen molar-refractivity contribution < 1.29 is 9.90 Å². The Morgan fingerprint density at radius 1 is 1.52 bits per heavy atom. The van der Waals surface area contributed by atoms with Crippen molar-refractivity contribution in [3.8, 4) is 6.07 Å². The zero-order valence-electron chi connectivity index (χ0n) is 12.4. The third-order valence-electron chi connectivity index (χ3n) is 3.88. The number of rotatable bonds is 6. The van der Waals surface area contributed by atoms with Crippen molar-refractivity contribution in [3.05, 3.63) is 22.9 Å². The Morgan fingerprint density at radius 3 is 2.95 bits per heavy atom. The molecule has 1 unspecified atom stereocenters. The Kier molecular flexibility index (Phi) is 5.15. The molecule has 1 aliphatic carbocycles. The lowest BCUT2D eigenvalue weighted by Gasteiger charge is -2.20. The molecule has 1 aromatic heterocycles. The fourth-order valence-electron chi connectivity index (χ4n) is 2.66. The number of carboxylic acid groups (broad SMARTS) is 1. The van der Waals surface area contributed by atoms with Gasteiger partial charge in [-0.1, -0.05) is 19.8 Å². The zero-order valence-corrected chi connectivity index (χ0v) is 12.4.